The Bertz CT molecular complexity index is 386. The van der Waals surface area contributed by atoms with Gasteiger partial charge in [0.15, 0.2) is 0 Å². The molecule has 2 rings (SSSR count). The van der Waals surface area contributed by atoms with Crippen molar-refractivity contribution in [2.24, 2.45) is 11.7 Å². The number of rotatable bonds is 4. The van der Waals surface area contributed by atoms with Crippen LogP contribution in [0.4, 0.5) is 10.5 Å². The zero-order valence-corrected chi connectivity index (χ0v) is 10.2. The zero-order valence-electron chi connectivity index (χ0n) is 10.2. The Hall–Kier alpha value is -1.75. The summed E-state index contributed by atoms with van der Waals surface area (Å²) in [6.45, 7) is 2.37. The third-order valence-electron chi connectivity index (χ3n) is 2.95. The third-order valence-corrected chi connectivity index (χ3v) is 2.95. The molecule has 98 valence electrons. The van der Waals surface area contributed by atoms with Gasteiger partial charge in [0.05, 0.1) is 6.61 Å². The molecular weight excluding hydrogens is 232 g/mol. The summed E-state index contributed by atoms with van der Waals surface area (Å²) in [4.78, 5) is 10.7. The number of amides is 2. The van der Waals surface area contributed by atoms with Gasteiger partial charge in [0, 0.05) is 18.9 Å². The minimum atomic E-state index is -0.564. The molecule has 0 aliphatic carbocycles. The Balaban J connectivity index is 1.80. The van der Waals surface area contributed by atoms with Crippen molar-refractivity contribution in [3.63, 3.8) is 0 Å². The van der Waals surface area contributed by atoms with Gasteiger partial charge >= 0.3 is 6.03 Å². The summed E-state index contributed by atoms with van der Waals surface area (Å²) in [5.41, 5.74) is 5.69. The van der Waals surface area contributed by atoms with Crippen LogP contribution in [0.2, 0.25) is 0 Å². The molecule has 1 heterocycles. The van der Waals surface area contributed by atoms with Crippen molar-refractivity contribution in [1.29, 1.82) is 0 Å². The van der Waals surface area contributed by atoms with Gasteiger partial charge < -0.3 is 20.5 Å². The Labute approximate surface area is 106 Å². The van der Waals surface area contributed by atoms with Crippen LogP contribution in [0, 0.1) is 5.92 Å². The predicted molar refractivity (Wildman–Crippen MR) is 68.7 cm³/mol. The molecule has 2 amide bonds. The van der Waals surface area contributed by atoms with E-state index in [1.807, 2.05) is 12.1 Å². The Kier molecular flexibility index (Phi) is 4.41. The summed E-state index contributed by atoms with van der Waals surface area (Å²) in [7, 11) is 0. The lowest BCUT2D eigenvalue weighted by molar-refractivity contribution is 0.0497. The molecule has 0 radical (unpaired) electrons. The van der Waals surface area contributed by atoms with Gasteiger partial charge in [-0.05, 0) is 43.0 Å². The van der Waals surface area contributed by atoms with Crippen LogP contribution >= 0.6 is 0 Å². The van der Waals surface area contributed by atoms with Crippen molar-refractivity contribution in [3.05, 3.63) is 24.3 Å². The second kappa shape index (κ2) is 6.26. The molecule has 1 saturated heterocycles. The summed E-state index contributed by atoms with van der Waals surface area (Å²) < 4.78 is 11.0. The topological polar surface area (TPSA) is 73.6 Å². The number of benzene rings is 1. The largest absolute Gasteiger partial charge is 0.493 e. The first-order valence-electron chi connectivity index (χ1n) is 6.11. The molecule has 0 saturated carbocycles. The van der Waals surface area contributed by atoms with Gasteiger partial charge in [-0.2, -0.15) is 0 Å². The number of primary amides is 1. The number of nitrogens with one attached hydrogen (secondary N) is 1. The van der Waals surface area contributed by atoms with E-state index in [9.17, 15) is 4.79 Å². The first kappa shape index (κ1) is 12.7. The van der Waals surface area contributed by atoms with E-state index in [0.717, 1.165) is 31.8 Å². The summed E-state index contributed by atoms with van der Waals surface area (Å²) in [6.07, 6.45) is 2.11. The Morgan fingerprint density at radius 1 is 1.33 bits per heavy atom. The van der Waals surface area contributed by atoms with Crippen molar-refractivity contribution in [2.75, 3.05) is 25.1 Å². The van der Waals surface area contributed by atoms with E-state index in [-0.39, 0.29) is 0 Å². The molecule has 5 heteroatoms. The molecule has 0 unspecified atom stereocenters. The minimum absolute atomic E-state index is 0.564. The van der Waals surface area contributed by atoms with Crippen LogP contribution < -0.4 is 15.8 Å². The van der Waals surface area contributed by atoms with Gasteiger partial charge in [0.25, 0.3) is 0 Å². The van der Waals surface area contributed by atoms with Crippen LogP contribution in [0.1, 0.15) is 12.8 Å². The first-order valence-corrected chi connectivity index (χ1v) is 6.11. The minimum Gasteiger partial charge on any atom is -0.493 e. The van der Waals surface area contributed by atoms with E-state index in [2.05, 4.69) is 5.32 Å². The van der Waals surface area contributed by atoms with E-state index in [1.165, 1.54) is 0 Å². The second-order valence-corrected chi connectivity index (χ2v) is 4.38. The molecule has 3 N–H and O–H groups in total. The summed E-state index contributed by atoms with van der Waals surface area (Å²) in [6, 6.07) is 6.62. The number of nitrogens with two attached hydrogens (primary N) is 1. The van der Waals surface area contributed by atoms with Crippen molar-refractivity contribution < 1.29 is 14.3 Å². The van der Waals surface area contributed by atoms with Gasteiger partial charge in [-0.3, -0.25) is 0 Å². The molecule has 1 aliphatic heterocycles. The quantitative estimate of drug-likeness (QED) is 0.858. The van der Waals surface area contributed by atoms with E-state index >= 15 is 0 Å². The highest BCUT2D eigenvalue weighted by molar-refractivity contribution is 5.87. The fourth-order valence-corrected chi connectivity index (χ4v) is 1.90. The molecule has 0 aromatic heterocycles. The molecular formula is C13H18N2O3. The van der Waals surface area contributed by atoms with Crippen molar-refractivity contribution >= 4 is 11.7 Å². The maximum atomic E-state index is 10.7. The number of ether oxygens (including phenoxy) is 2. The highest BCUT2D eigenvalue weighted by Crippen LogP contribution is 2.19. The van der Waals surface area contributed by atoms with Crippen molar-refractivity contribution in [3.8, 4) is 5.75 Å². The van der Waals surface area contributed by atoms with Crippen LogP contribution in [0.25, 0.3) is 0 Å². The number of hydrogen-bond donors (Lipinski definition) is 2. The van der Waals surface area contributed by atoms with E-state index in [0.29, 0.717) is 18.2 Å². The van der Waals surface area contributed by atoms with Crippen LogP contribution in [0.5, 0.6) is 5.75 Å². The molecule has 1 aromatic carbocycles. The number of urea groups is 1. The maximum Gasteiger partial charge on any atom is 0.316 e. The van der Waals surface area contributed by atoms with E-state index < -0.39 is 6.03 Å². The first-order chi connectivity index (χ1) is 8.74. The number of carbonyl (C=O) groups excluding carboxylic acids is 1. The molecule has 18 heavy (non-hydrogen) atoms. The molecule has 5 nitrogen and oxygen atoms in total. The standard InChI is InChI=1S/C13H18N2O3/c14-13(16)15-11-1-3-12(4-2-11)18-9-10-5-7-17-8-6-10/h1-4,10H,5-9H2,(H3,14,15,16). The predicted octanol–water partition coefficient (Wildman–Crippen LogP) is 1.98. The SMILES string of the molecule is NC(=O)Nc1ccc(OCC2CCOCC2)cc1. The molecule has 1 aromatic rings. The fourth-order valence-electron chi connectivity index (χ4n) is 1.90. The van der Waals surface area contributed by atoms with Crippen molar-refractivity contribution in [2.45, 2.75) is 12.8 Å². The maximum absolute atomic E-state index is 10.7. The summed E-state index contributed by atoms with van der Waals surface area (Å²) in [5, 5.41) is 2.50. The second-order valence-electron chi connectivity index (χ2n) is 4.38. The summed E-state index contributed by atoms with van der Waals surface area (Å²) >= 11 is 0. The Morgan fingerprint density at radius 2 is 2.00 bits per heavy atom. The lowest BCUT2D eigenvalue weighted by atomic mass is 10.0. The van der Waals surface area contributed by atoms with Gasteiger partial charge in [-0.25, -0.2) is 4.79 Å². The van der Waals surface area contributed by atoms with Crippen LogP contribution in [0.15, 0.2) is 24.3 Å². The third kappa shape index (κ3) is 3.92. The van der Waals surface area contributed by atoms with Gasteiger partial charge in [-0.1, -0.05) is 0 Å². The van der Waals surface area contributed by atoms with Crippen LogP contribution in [-0.4, -0.2) is 25.9 Å². The highest BCUT2D eigenvalue weighted by Gasteiger charge is 2.14. The molecule has 0 spiro atoms. The van der Waals surface area contributed by atoms with Crippen LogP contribution in [-0.2, 0) is 4.74 Å². The van der Waals surface area contributed by atoms with Gasteiger partial charge in [0.2, 0.25) is 0 Å². The highest BCUT2D eigenvalue weighted by atomic mass is 16.5. The average Bonchev–Trinajstić information content (AvgIpc) is 2.38. The molecule has 1 fully saturated rings. The van der Waals surface area contributed by atoms with Crippen molar-refractivity contribution in [1.82, 2.24) is 0 Å². The van der Waals surface area contributed by atoms with E-state index in [1.54, 1.807) is 12.1 Å². The lowest BCUT2D eigenvalue weighted by Gasteiger charge is -2.22. The number of carbonyl (C=O) groups is 1. The fraction of sp³-hybridized carbons (Fsp3) is 0.462. The molecule has 0 atom stereocenters. The van der Waals surface area contributed by atoms with Crippen LogP contribution in [0.3, 0.4) is 0 Å². The Morgan fingerprint density at radius 3 is 2.61 bits per heavy atom. The summed E-state index contributed by atoms with van der Waals surface area (Å²) in [5.74, 6) is 1.37. The molecule has 1 aliphatic rings. The smallest absolute Gasteiger partial charge is 0.316 e. The average molecular weight is 250 g/mol. The normalized spacial score (nSPS) is 16.2. The van der Waals surface area contributed by atoms with Gasteiger partial charge in [-0.15, -0.1) is 0 Å². The molecule has 0 bridgehead atoms. The van der Waals surface area contributed by atoms with E-state index in [4.69, 9.17) is 15.2 Å². The van der Waals surface area contributed by atoms with Gasteiger partial charge in [0.1, 0.15) is 5.75 Å². The monoisotopic (exact) mass is 250 g/mol. The number of anilines is 1. The number of hydrogen-bond acceptors (Lipinski definition) is 3. The lowest BCUT2D eigenvalue weighted by Crippen LogP contribution is -2.21. The zero-order chi connectivity index (χ0) is 12.8.